The van der Waals surface area contributed by atoms with Crippen LogP contribution in [0.15, 0.2) is 28.0 Å². The van der Waals surface area contributed by atoms with Crippen LogP contribution in [0.1, 0.15) is 5.56 Å². The summed E-state index contributed by atoms with van der Waals surface area (Å²) in [6.07, 6.45) is 1.52. The maximum Gasteiger partial charge on any atom is 0.207 e. The molecule has 0 fully saturated rings. The average molecular weight is 246 g/mol. The molecule has 0 amide bonds. The van der Waals surface area contributed by atoms with E-state index in [4.69, 9.17) is 17.5 Å². The molecular weight excluding hydrogens is 238 g/mol. The van der Waals surface area contributed by atoms with E-state index >= 15 is 0 Å². The number of sulfone groups is 1. The second kappa shape index (κ2) is 3.61. The van der Waals surface area contributed by atoms with E-state index in [9.17, 15) is 8.42 Å². The van der Waals surface area contributed by atoms with E-state index in [0.29, 0.717) is 5.56 Å². The van der Waals surface area contributed by atoms with Crippen molar-refractivity contribution in [2.24, 2.45) is 5.90 Å². The second-order valence-electron chi connectivity index (χ2n) is 3.08. The smallest absolute Gasteiger partial charge is 0.207 e. The normalized spacial score (nSPS) is 17.3. The van der Waals surface area contributed by atoms with E-state index in [-0.39, 0.29) is 21.4 Å². The predicted molar refractivity (Wildman–Crippen MR) is 56.8 cm³/mol. The Hall–Kier alpha value is -0.880. The summed E-state index contributed by atoms with van der Waals surface area (Å²) in [4.78, 5) is 4.61. The summed E-state index contributed by atoms with van der Waals surface area (Å²) in [6, 6.07) is 4.92. The van der Waals surface area contributed by atoms with Crippen LogP contribution in [0.2, 0.25) is 5.02 Å². The second-order valence-corrected chi connectivity index (χ2v) is 5.43. The summed E-state index contributed by atoms with van der Waals surface area (Å²) in [5, 5.41) is 0.218. The Balaban J connectivity index is 2.64. The fraction of sp³-hybridized carbons (Fsp3) is 0.111. The highest BCUT2D eigenvalue weighted by Crippen LogP contribution is 2.37. The highest BCUT2D eigenvalue weighted by molar-refractivity contribution is 7.96. The summed E-state index contributed by atoms with van der Waals surface area (Å²) in [7, 11) is -3.52. The molecule has 80 valence electrons. The molecule has 1 aromatic carbocycles. The molecule has 0 radical (unpaired) electrons. The number of rotatable bonds is 2. The Morgan fingerprint density at radius 1 is 1.40 bits per heavy atom. The Bertz CT molecular complexity index is 536. The largest absolute Gasteiger partial charge is 0.299 e. The zero-order chi connectivity index (χ0) is 11.1. The molecule has 0 bridgehead atoms. The van der Waals surface area contributed by atoms with Crippen molar-refractivity contribution in [1.82, 2.24) is 0 Å². The lowest BCUT2D eigenvalue weighted by atomic mass is 10.2. The molecule has 0 aromatic heterocycles. The van der Waals surface area contributed by atoms with Crippen molar-refractivity contribution in [3.05, 3.63) is 33.7 Å². The maximum atomic E-state index is 11.9. The molecule has 4 nitrogen and oxygen atoms in total. The lowest BCUT2D eigenvalue weighted by molar-refractivity contribution is 0.166. The Morgan fingerprint density at radius 3 is 2.73 bits per heavy atom. The molecular formula is C9H8ClNO3S. The third-order valence-electron chi connectivity index (χ3n) is 2.15. The minimum atomic E-state index is -3.52. The molecule has 1 aliphatic heterocycles. The number of fused-ring (bicyclic) bond motifs is 1. The first-order valence-corrected chi connectivity index (χ1v) is 5.99. The standard InChI is InChI=1S/C9H8ClNO3S/c10-8-3-1-2-6-4-7(5-14-11)15(12,13)9(6)8/h1-4H,5,11H2. The topological polar surface area (TPSA) is 69.4 Å². The quantitative estimate of drug-likeness (QED) is 0.799. The average Bonchev–Trinajstić information content (AvgIpc) is 2.40. The zero-order valence-electron chi connectivity index (χ0n) is 7.60. The summed E-state index contributed by atoms with van der Waals surface area (Å²) in [6.45, 7) is -0.145. The van der Waals surface area contributed by atoms with Gasteiger partial charge in [-0.25, -0.2) is 14.3 Å². The van der Waals surface area contributed by atoms with Crippen LogP contribution in [-0.4, -0.2) is 15.0 Å². The van der Waals surface area contributed by atoms with Crippen LogP contribution >= 0.6 is 11.6 Å². The predicted octanol–water partition coefficient (Wildman–Crippen LogP) is 1.36. The molecule has 1 aromatic rings. The third kappa shape index (κ3) is 1.57. The molecule has 15 heavy (non-hydrogen) atoms. The Kier molecular flexibility index (Phi) is 2.56. The third-order valence-corrected chi connectivity index (χ3v) is 4.50. The summed E-state index contributed by atoms with van der Waals surface area (Å²) >= 11 is 5.84. The molecule has 0 aliphatic carbocycles. The summed E-state index contributed by atoms with van der Waals surface area (Å²) in [5.74, 6) is 4.86. The molecule has 2 N–H and O–H groups in total. The highest BCUT2D eigenvalue weighted by Gasteiger charge is 2.31. The van der Waals surface area contributed by atoms with E-state index in [1.165, 1.54) is 12.1 Å². The molecule has 2 rings (SSSR count). The highest BCUT2D eigenvalue weighted by atomic mass is 35.5. The van der Waals surface area contributed by atoms with Gasteiger partial charge in [-0.15, -0.1) is 0 Å². The zero-order valence-corrected chi connectivity index (χ0v) is 9.18. The van der Waals surface area contributed by atoms with Crippen molar-refractivity contribution < 1.29 is 13.3 Å². The lowest BCUT2D eigenvalue weighted by Gasteiger charge is -2.03. The molecule has 6 heteroatoms. The van der Waals surface area contributed by atoms with E-state index < -0.39 is 9.84 Å². The van der Waals surface area contributed by atoms with Gasteiger partial charge in [0.25, 0.3) is 0 Å². The SMILES string of the molecule is NOCC1=Cc2cccc(Cl)c2S1(=O)=O. The van der Waals surface area contributed by atoms with Crippen LogP contribution in [0.4, 0.5) is 0 Å². The molecule has 0 atom stereocenters. The fourth-order valence-electron chi connectivity index (χ4n) is 1.51. The number of halogens is 1. The first-order valence-electron chi connectivity index (χ1n) is 4.13. The molecule has 0 unspecified atom stereocenters. The van der Waals surface area contributed by atoms with Gasteiger partial charge in [-0.3, -0.25) is 4.84 Å². The van der Waals surface area contributed by atoms with Crippen LogP contribution in [0.25, 0.3) is 6.08 Å². The minimum absolute atomic E-state index is 0.133. The number of hydrogen-bond acceptors (Lipinski definition) is 4. The summed E-state index contributed by atoms with van der Waals surface area (Å²) < 4.78 is 23.8. The summed E-state index contributed by atoms with van der Waals surface area (Å²) in [5.41, 5.74) is 0.578. The van der Waals surface area contributed by atoms with Crippen molar-refractivity contribution in [1.29, 1.82) is 0 Å². The van der Waals surface area contributed by atoms with E-state index in [1.807, 2.05) is 0 Å². The van der Waals surface area contributed by atoms with Crippen LogP contribution in [0.3, 0.4) is 0 Å². The van der Waals surface area contributed by atoms with E-state index in [0.717, 1.165) is 0 Å². The first-order chi connectivity index (χ1) is 7.07. The monoisotopic (exact) mass is 245 g/mol. The molecule has 1 aliphatic rings. The minimum Gasteiger partial charge on any atom is -0.299 e. The lowest BCUT2D eigenvalue weighted by Crippen LogP contribution is -2.10. The van der Waals surface area contributed by atoms with Gasteiger partial charge in [0.1, 0.15) is 6.61 Å². The first kappa shape index (κ1) is 10.6. The van der Waals surface area contributed by atoms with Gasteiger partial charge in [-0.2, -0.15) is 0 Å². The van der Waals surface area contributed by atoms with Crippen molar-refractivity contribution >= 4 is 27.5 Å². The van der Waals surface area contributed by atoms with Gasteiger partial charge in [0.2, 0.25) is 9.84 Å². The number of hydrogen-bond donors (Lipinski definition) is 1. The van der Waals surface area contributed by atoms with Crippen LogP contribution in [-0.2, 0) is 14.7 Å². The van der Waals surface area contributed by atoms with Crippen molar-refractivity contribution in [2.75, 3.05) is 6.61 Å². The Morgan fingerprint density at radius 2 is 2.13 bits per heavy atom. The van der Waals surface area contributed by atoms with Crippen LogP contribution < -0.4 is 5.90 Å². The number of nitrogens with two attached hydrogens (primary N) is 1. The van der Waals surface area contributed by atoms with Gasteiger partial charge in [0.05, 0.1) is 14.8 Å². The van der Waals surface area contributed by atoms with Gasteiger partial charge in [-0.05, 0) is 17.7 Å². The fourth-order valence-corrected chi connectivity index (χ4v) is 3.52. The van der Waals surface area contributed by atoms with Crippen molar-refractivity contribution in [3.8, 4) is 0 Å². The number of benzene rings is 1. The molecule has 0 saturated carbocycles. The molecule has 0 saturated heterocycles. The van der Waals surface area contributed by atoms with Crippen LogP contribution in [0.5, 0.6) is 0 Å². The van der Waals surface area contributed by atoms with Gasteiger partial charge < -0.3 is 0 Å². The van der Waals surface area contributed by atoms with Crippen molar-refractivity contribution in [3.63, 3.8) is 0 Å². The molecule has 0 spiro atoms. The van der Waals surface area contributed by atoms with Gasteiger partial charge >= 0.3 is 0 Å². The van der Waals surface area contributed by atoms with E-state index in [2.05, 4.69) is 4.84 Å². The Labute approximate surface area is 92.2 Å². The van der Waals surface area contributed by atoms with Crippen molar-refractivity contribution in [2.45, 2.75) is 4.90 Å². The van der Waals surface area contributed by atoms with Gasteiger partial charge in [0, 0.05) is 0 Å². The molecule has 1 heterocycles. The maximum absolute atomic E-state index is 11.9. The van der Waals surface area contributed by atoms with E-state index in [1.54, 1.807) is 12.1 Å². The van der Waals surface area contributed by atoms with Gasteiger partial charge in [-0.1, -0.05) is 23.7 Å². The van der Waals surface area contributed by atoms with Crippen LogP contribution in [0, 0.1) is 0 Å². The van der Waals surface area contributed by atoms with Gasteiger partial charge in [0.15, 0.2) is 0 Å².